The summed E-state index contributed by atoms with van der Waals surface area (Å²) in [7, 11) is 0. The van der Waals surface area contributed by atoms with Crippen LogP contribution in [-0.2, 0) is 17.6 Å². The number of nitrogens with one attached hydrogen (secondary N) is 1. The number of thiazole rings is 1. The Morgan fingerprint density at radius 1 is 1.17 bits per heavy atom. The summed E-state index contributed by atoms with van der Waals surface area (Å²) in [6.45, 7) is 6.79. The van der Waals surface area contributed by atoms with Gasteiger partial charge in [-0.3, -0.25) is 9.79 Å². The summed E-state index contributed by atoms with van der Waals surface area (Å²) in [6.07, 6.45) is 10.2. The molecule has 0 unspecified atom stereocenters. The van der Waals surface area contributed by atoms with Crippen molar-refractivity contribution in [2.24, 2.45) is 10.4 Å². The fourth-order valence-corrected chi connectivity index (χ4v) is 4.33. The van der Waals surface area contributed by atoms with Crippen molar-refractivity contribution in [2.75, 3.05) is 5.32 Å². The molecule has 0 spiro atoms. The summed E-state index contributed by atoms with van der Waals surface area (Å²) in [6, 6.07) is 10.3. The minimum Gasteiger partial charge on any atom is -0.302 e. The van der Waals surface area contributed by atoms with Crippen molar-refractivity contribution in [1.82, 2.24) is 4.98 Å². The van der Waals surface area contributed by atoms with E-state index >= 15 is 0 Å². The quantitative estimate of drug-likeness (QED) is 0.515. The number of allylic oxidation sites excluding steroid dienone is 1. The summed E-state index contributed by atoms with van der Waals surface area (Å²) < 4.78 is 0. The average molecular weight is 412 g/mol. The molecule has 156 valence electrons. The number of aliphatic imine (C=N–C) groups is 1. The van der Waals surface area contributed by atoms with E-state index < -0.39 is 0 Å². The van der Waals surface area contributed by atoms with Gasteiger partial charge in [-0.15, -0.1) is 11.3 Å². The Kier molecular flexibility index (Phi) is 7.37. The van der Waals surface area contributed by atoms with Crippen LogP contribution >= 0.6 is 11.3 Å². The molecule has 3 rings (SSSR count). The lowest BCUT2D eigenvalue weighted by atomic mass is 9.87. The minimum absolute atomic E-state index is 0. The lowest BCUT2D eigenvalue weighted by molar-refractivity contribution is -0.116. The van der Waals surface area contributed by atoms with Gasteiger partial charge in [0.2, 0.25) is 5.91 Å². The van der Waals surface area contributed by atoms with E-state index in [0.29, 0.717) is 17.0 Å². The van der Waals surface area contributed by atoms with Gasteiger partial charge in [-0.1, -0.05) is 51.1 Å². The lowest BCUT2D eigenvalue weighted by Crippen LogP contribution is -2.11. The maximum atomic E-state index is 12.2. The van der Waals surface area contributed by atoms with Crippen LogP contribution in [0.1, 0.15) is 64.7 Å². The van der Waals surface area contributed by atoms with Crippen LogP contribution in [0.25, 0.3) is 0 Å². The zero-order chi connectivity index (χ0) is 20.7. The van der Waals surface area contributed by atoms with Crippen LogP contribution < -0.4 is 5.32 Å². The number of aryl methyl sites for hydroxylation is 2. The van der Waals surface area contributed by atoms with E-state index in [4.69, 9.17) is 0 Å². The number of carbonyl (C=O) groups is 1. The molecule has 29 heavy (non-hydrogen) atoms. The van der Waals surface area contributed by atoms with Crippen LogP contribution in [0, 0.1) is 5.41 Å². The summed E-state index contributed by atoms with van der Waals surface area (Å²) in [5.74, 6) is 0.0398. The molecule has 0 atom stereocenters. The number of nitrogens with zero attached hydrogens (tertiary/aromatic N) is 2. The molecule has 1 aliphatic rings. The molecule has 1 N–H and O–H groups in total. The van der Waals surface area contributed by atoms with Gasteiger partial charge in [0.15, 0.2) is 5.13 Å². The smallest absolute Gasteiger partial charge is 0.226 e. The Hall–Kier alpha value is -2.27. The molecule has 0 aliphatic carbocycles. The SMILES string of the molecule is CC(C)(C)CC1=CN=C(CCc2cnc(NC(=O)CCCc3ccccc3)s2)C1.[HH]. The highest BCUT2D eigenvalue weighted by atomic mass is 32.1. The topological polar surface area (TPSA) is 54.4 Å². The summed E-state index contributed by atoms with van der Waals surface area (Å²) in [5, 5.41) is 3.64. The van der Waals surface area contributed by atoms with Gasteiger partial charge < -0.3 is 5.32 Å². The molecule has 0 saturated heterocycles. The predicted molar refractivity (Wildman–Crippen MR) is 125 cm³/mol. The van der Waals surface area contributed by atoms with E-state index in [0.717, 1.165) is 38.5 Å². The third-order valence-corrected chi connectivity index (χ3v) is 5.76. The Labute approximate surface area is 179 Å². The number of hydrogen-bond donors (Lipinski definition) is 1. The largest absolute Gasteiger partial charge is 0.302 e. The van der Waals surface area contributed by atoms with Crippen LogP contribution in [0.2, 0.25) is 0 Å². The first-order valence-electron chi connectivity index (χ1n) is 10.4. The molecule has 5 heteroatoms. The first kappa shape index (κ1) is 21.4. The number of amides is 1. The normalized spacial score (nSPS) is 13.9. The second kappa shape index (κ2) is 9.97. The van der Waals surface area contributed by atoms with Crippen molar-refractivity contribution in [2.45, 2.75) is 65.7 Å². The number of aromatic nitrogens is 1. The van der Waals surface area contributed by atoms with E-state index in [1.807, 2.05) is 30.6 Å². The van der Waals surface area contributed by atoms with Gasteiger partial charge in [-0.05, 0) is 48.7 Å². The molecule has 1 aromatic carbocycles. The number of benzene rings is 1. The van der Waals surface area contributed by atoms with Crippen molar-refractivity contribution in [1.29, 1.82) is 0 Å². The highest BCUT2D eigenvalue weighted by molar-refractivity contribution is 7.15. The van der Waals surface area contributed by atoms with Crippen LogP contribution in [0.4, 0.5) is 5.13 Å². The van der Waals surface area contributed by atoms with Gasteiger partial charge in [0, 0.05) is 37.3 Å². The number of rotatable bonds is 9. The second-order valence-corrected chi connectivity index (χ2v) is 10.0. The first-order valence-corrected chi connectivity index (χ1v) is 11.2. The minimum atomic E-state index is 0. The highest BCUT2D eigenvalue weighted by Crippen LogP contribution is 2.29. The summed E-state index contributed by atoms with van der Waals surface area (Å²) in [4.78, 5) is 22.3. The molecule has 1 aromatic heterocycles. The van der Waals surface area contributed by atoms with Gasteiger partial charge in [-0.2, -0.15) is 0 Å². The molecule has 1 aliphatic heterocycles. The Bertz CT molecular complexity index is 881. The molecular weight excluding hydrogens is 378 g/mol. The standard InChI is InChI=1S/C24H31N3OS.H2/c1-24(2,3)15-19-14-20(25-16-19)12-13-21-17-26-23(29-21)27-22(28)11-7-10-18-8-5-4-6-9-18;/h4-6,8-9,16-17H,7,10-15H2,1-3H3,(H,26,27,28);1H. The summed E-state index contributed by atoms with van der Waals surface area (Å²) >= 11 is 1.57. The van der Waals surface area contributed by atoms with E-state index in [1.54, 1.807) is 11.3 Å². The van der Waals surface area contributed by atoms with Crippen molar-refractivity contribution >= 4 is 28.1 Å². The van der Waals surface area contributed by atoms with E-state index in [9.17, 15) is 4.79 Å². The number of carbonyl (C=O) groups excluding carboxylic acids is 1. The third-order valence-electron chi connectivity index (χ3n) is 4.79. The van der Waals surface area contributed by atoms with Crippen molar-refractivity contribution in [3.8, 4) is 0 Å². The molecule has 2 aromatic rings. The maximum absolute atomic E-state index is 12.2. The zero-order valence-electron chi connectivity index (χ0n) is 17.7. The molecule has 4 nitrogen and oxygen atoms in total. The monoisotopic (exact) mass is 411 g/mol. The second-order valence-electron chi connectivity index (χ2n) is 8.92. The van der Waals surface area contributed by atoms with Crippen LogP contribution in [0.5, 0.6) is 0 Å². The maximum Gasteiger partial charge on any atom is 0.226 e. The lowest BCUT2D eigenvalue weighted by Gasteiger charge is -2.18. The molecule has 0 radical (unpaired) electrons. The molecule has 2 heterocycles. The van der Waals surface area contributed by atoms with Crippen molar-refractivity contribution in [3.05, 3.63) is 58.7 Å². The fraction of sp³-hybridized carbons (Fsp3) is 0.458. The van der Waals surface area contributed by atoms with Gasteiger partial charge in [0.05, 0.1) is 0 Å². The van der Waals surface area contributed by atoms with Crippen molar-refractivity contribution in [3.63, 3.8) is 0 Å². The van der Waals surface area contributed by atoms with Gasteiger partial charge in [-0.25, -0.2) is 4.98 Å². The third kappa shape index (κ3) is 7.58. The number of anilines is 1. The predicted octanol–water partition coefficient (Wildman–Crippen LogP) is 6.45. The van der Waals surface area contributed by atoms with E-state index in [-0.39, 0.29) is 7.33 Å². The molecule has 0 bridgehead atoms. The molecular formula is C24H33N3OS. The van der Waals surface area contributed by atoms with Crippen LogP contribution in [0.15, 0.2) is 53.3 Å². The van der Waals surface area contributed by atoms with Gasteiger partial charge in [0.1, 0.15) is 0 Å². The number of hydrogen-bond acceptors (Lipinski definition) is 4. The molecule has 1 amide bonds. The van der Waals surface area contributed by atoms with Crippen LogP contribution in [0.3, 0.4) is 0 Å². The van der Waals surface area contributed by atoms with Gasteiger partial charge >= 0.3 is 0 Å². The zero-order valence-corrected chi connectivity index (χ0v) is 18.5. The van der Waals surface area contributed by atoms with Gasteiger partial charge in [0.25, 0.3) is 0 Å². The summed E-state index contributed by atoms with van der Waals surface area (Å²) in [5.41, 5.74) is 4.26. The highest BCUT2D eigenvalue weighted by Gasteiger charge is 2.18. The van der Waals surface area contributed by atoms with Crippen molar-refractivity contribution < 1.29 is 6.22 Å². The van der Waals surface area contributed by atoms with E-state index in [2.05, 4.69) is 48.2 Å². The molecule has 0 fully saturated rings. The Balaban J connectivity index is 0.00000320. The molecule has 0 saturated carbocycles. The van der Waals surface area contributed by atoms with Crippen LogP contribution in [-0.4, -0.2) is 16.6 Å². The Morgan fingerprint density at radius 3 is 2.72 bits per heavy atom. The Morgan fingerprint density at radius 2 is 1.97 bits per heavy atom. The average Bonchev–Trinajstić information content (AvgIpc) is 3.29. The fourth-order valence-electron chi connectivity index (χ4n) is 3.51. The van der Waals surface area contributed by atoms with E-state index in [1.165, 1.54) is 21.7 Å². The first-order chi connectivity index (χ1) is 13.9.